The fraction of sp³-hybridized carbons (Fsp3) is 0.500. The fourth-order valence-electron chi connectivity index (χ4n) is 3.65. The summed E-state index contributed by atoms with van der Waals surface area (Å²) in [6, 6.07) is 3.12. The second kappa shape index (κ2) is 8.23. The van der Waals surface area contributed by atoms with Gasteiger partial charge in [-0.25, -0.2) is 18.4 Å². The molecule has 1 aliphatic rings. The van der Waals surface area contributed by atoms with Gasteiger partial charge in [0.05, 0.1) is 19.2 Å². The Bertz CT molecular complexity index is 1050. The van der Waals surface area contributed by atoms with Gasteiger partial charge in [-0.1, -0.05) is 33.8 Å². The van der Waals surface area contributed by atoms with Gasteiger partial charge in [0, 0.05) is 13.0 Å². The van der Waals surface area contributed by atoms with E-state index in [4.69, 9.17) is 9.88 Å². The van der Waals surface area contributed by atoms with Crippen LogP contribution in [0.25, 0.3) is 0 Å². The Labute approximate surface area is 170 Å². The first-order valence-corrected chi connectivity index (χ1v) is 11.3. The average molecular weight is 423 g/mol. The number of amides is 1. The maximum atomic E-state index is 14.5. The van der Waals surface area contributed by atoms with Crippen molar-refractivity contribution in [3.8, 4) is 5.88 Å². The third-order valence-corrected chi connectivity index (χ3v) is 6.32. The zero-order valence-corrected chi connectivity index (χ0v) is 18.0. The van der Waals surface area contributed by atoms with Crippen LogP contribution in [0.5, 0.6) is 5.88 Å². The summed E-state index contributed by atoms with van der Waals surface area (Å²) in [5, 5.41) is 10.0. The molecule has 158 valence electrons. The van der Waals surface area contributed by atoms with E-state index in [0.717, 1.165) is 12.0 Å². The van der Waals surface area contributed by atoms with Crippen molar-refractivity contribution < 1.29 is 18.1 Å². The minimum atomic E-state index is -3.53. The Balaban J connectivity index is 2.00. The number of benzene rings is 1. The van der Waals surface area contributed by atoms with Crippen LogP contribution in [0.1, 0.15) is 62.6 Å². The number of fused-ring (bicyclic) bond motifs is 1. The number of carbonyl (C=O) groups is 1. The van der Waals surface area contributed by atoms with Crippen LogP contribution in [0.3, 0.4) is 0 Å². The van der Waals surface area contributed by atoms with Crippen molar-refractivity contribution in [3.05, 3.63) is 40.8 Å². The molecule has 1 amide bonds. The topological polar surface area (TPSA) is 99.6 Å². The lowest BCUT2D eigenvalue weighted by molar-refractivity contribution is -0.117. The molecule has 1 atom stereocenters. The first-order valence-electron chi connectivity index (χ1n) is 9.69. The van der Waals surface area contributed by atoms with Gasteiger partial charge >= 0.3 is 0 Å². The Morgan fingerprint density at radius 1 is 1.34 bits per heavy atom. The van der Waals surface area contributed by atoms with Crippen molar-refractivity contribution in [1.29, 1.82) is 0 Å². The van der Waals surface area contributed by atoms with Crippen molar-refractivity contribution in [3.63, 3.8) is 0 Å². The lowest BCUT2D eigenvalue weighted by atomic mass is 9.86. The van der Waals surface area contributed by atoms with E-state index in [1.165, 1.54) is 12.3 Å². The van der Waals surface area contributed by atoms with Gasteiger partial charge in [-0.2, -0.15) is 5.10 Å². The molecule has 1 aromatic carbocycles. The van der Waals surface area contributed by atoms with Gasteiger partial charge in [0.1, 0.15) is 20.6 Å². The lowest BCUT2D eigenvalue weighted by Crippen LogP contribution is -2.20. The predicted octanol–water partition coefficient (Wildman–Crippen LogP) is 3.52. The molecule has 0 radical (unpaired) electrons. The lowest BCUT2D eigenvalue weighted by Gasteiger charge is -2.19. The average Bonchev–Trinajstić information content (AvgIpc) is 3.05. The summed E-state index contributed by atoms with van der Waals surface area (Å²) in [4.78, 5) is 12.8. The molecule has 29 heavy (non-hydrogen) atoms. The third-order valence-electron chi connectivity index (χ3n) is 4.93. The minimum absolute atomic E-state index is 0.0919. The highest BCUT2D eigenvalue weighted by molar-refractivity contribution is 7.91. The fourth-order valence-corrected chi connectivity index (χ4v) is 4.72. The predicted molar refractivity (Wildman–Crippen MR) is 109 cm³/mol. The largest absolute Gasteiger partial charge is 0.477 e. The summed E-state index contributed by atoms with van der Waals surface area (Å²) in [6.45, 7) is 8.78. The minimum Gasteiger partial charge on any atom is -0.477 e. The smallest absolute Gasteiger partial charge is 0.259 e. The van der Waals surface area contributed by atoms with Crippen LogP contribution in [-0.4, -0.2) is 26.5 Å². The Morgan fingerprint density at radius 3 is 2.72 bits per heavy atom. The number of hydrogen-bond acceptors (Lipinski definition) is 4. The maximum absolute atomic E-state index is 14.5. The van der Waals surface area contributed by atoms with Crippen LogP contribution in [0.15, 0.2) is 27.6 Å². The molecule has 0 fully saturated rings. The van der Waals surface area contributed by atoms with E-state index < -0.39 is 15.8 Å². The van der Waals surface area contributed by atoms with Crippen LogP contribution < -0.4 is 9.88 Å². The third kappa shape index (κ3) is 4.35. The standard InChI is InChI=1S/C20H27FN4O3S/c1-12(2)14-6-7-16(21)19(13(3)4)15(14)10-18(26)24-29(22,27)17-11-23-25-8-5-9-28-20(17)25/h6-7,11-13H,5,8-10H2,1-4H3,(H2,22,24,26,27). The van der Waals surface area contributed by atoms with Crippen molar-refractivity contribution in [1.82, 2.24) is 9.78 Å². The molecule has 0 saturated heterocycles. The Hall–Kier alpha value is -2.26. The first-order chi connectivity index (χ1) is 13.6. The summed E-state index contributed by atoms with van der Waals surface area (Å²) in [5.74, 6) is -0.761. The summed E-state index contributed by atoms with van der Waals surface area (Å²) in [7, 11) is -3.53. The molecule has 0 saturated carbocycles. The van der Waals surface area contributed by atoms with Crippen LogP contribution in [0.2, 0.25) is 0 Å². The number of nitrogens with zero attached hydrogens (tertiary/aromatic N) is 3. The number of hydrogen-bond donors (Lipinski definition) is 1. The Kier molecular flexibility index (Phi) is 6.09. The second-order valence-electron chi connectivity index (χ2n) is 7.81. The normalized spacial score (nSPS) is 15.7. The molecule has 9 heteroatoms. The van der Waals surface area contributed by atoms with Gasteiger partial charge in [0.25, 0.3) is 5.91 Å². The summed E-state index contributed by atoms with van der Waals surface area (Å²) >= 11 is 0. The Morgan fingerprint density at radius 2 is 2.07 bits per heavy atom. The van der Waals surface area contributed by atoms with E-state index in [2.05, 4.69) is 9.46 Å². The van der Waals surface area contributed by atoms with E-state index in [-0.39, 0.29) is 34.8 Å². The van der Waals surface area contributed by atoms with E-state index >= 15 is 0 Å². The second-order valence-corrected chi connectivity index (χ2v) is 9.57. The van der Waals surface area contributed by atoms with Crippen LogP contribution in [0.4, 0.5) is 4.39 Å². The molecule has 0 bridgehead atoms. The number of aromatic nitrogens is 2. The van der Waals surface area contributed by atoms with Crippen molar-refractivity contribution in [2.75, 3.05) is 6.61 Å². The maximum Gasteiger partial charge on any atom is 0.259 e. The molecule has 2 aromatic rings. The molecular formula is C20H27FN4O3S. The molecule has 0 spiro atoms. The van der Waals surface area contributed by atoms with Crippen molar-refractivity contribution in [2.45, 2.75) is 63.8 Å². The highest BCUT2D eigenvalue weighted by atomic mass is 32.2. The first kappa shape index (κ1) is 21.4. The summed E-state index contributed by atoms with van der Waals surface area (Å²) in [5.41, 5.74) is 1.94. The number of halogens is 1. The number of nitrogens with two attached hydrogens (primary N) is 1. The summed E-state index contributed by atoms with van der Waals surface area (Å²) in [6.07, 6.45) is 1.95. The van der Waals surface area contributed by atoms with Gasteiger partial charge in [0.2, 0.25) is 5.88 Å². The van der Waals surface area contributed by atoms with E-state index in [0.29, 0.717) is 24.3 Å². The molecule has 1 unspecified atom stereocenters. The molecule has 2 heterocycles. The number of aryl methyl sites for hydroxylation is 1. The van der Waals surface area contributed by atoms with Crippen LogP contribution in [-0.2, 0) is 27.7 Å². The van der Waals surface area contributed by atoms with Gasteiger partial charge in [-0.05, 0) is 34.6 Å². The summed E-state index contributed by atoms with van der Waals surface area (Å²) < 4.78 is 38.4. The van der Waals surface area contributed by atoms with E-state index in [9.17, 15) is 13.4 Å². The highest BCUT2D eigenvalue weighted by Crippen LogP contribution is 2.31. The van der Waals surface area contributed by atoms with Crippen LogP contribution >= 0.6 is 0 Å². The molecule has 1 aliphatic heterocycles. The number of ether oxygens (including phenoxy) is 1. The monoisotopic (exact) mass is 422 g/mol. The van der Waals surface area contributed by atoms with Crippen molar-refractivity contribution in [2.24, 2.45) is 9.50 Å². The quantitative estimate of drug-likeness (QED) is 0.797. The number of rotatable bonds is 5. The SMILES string of the molecule is CC(C)c1ccc(F)c(C(C)C)c1CC(=O)N=S(N)(=O)c1cnn2c1OCCC2. The van der Waals surface area contributed by atoms with Gasteiger partial charge in [-0.3, -0.25) is 4.79 Å². The zero-order valence-electron chi connectivity index (χ0n) is 17.1. The molecule has 1 aromatic heterocycles. The van der Waals surface area contributed by atoms with Gasteiger partial charge in [-0.15, -0.1) is 4.36 Å². The van der Waals surface area contributed by atoms with Gasteiger partial charge in [0.15, 0.2) is 0 Å². The molecule has 2 N–H and O–H groups in total. The highest BCUT2D eigenvalue weighted by Gasteiger charge is 2.25. The molecule has 3 rings (SSSR count). The van der Waals surface area contributed by atoms with E-state index in [1.54, 1.807) is 10.7 Å². The zero-order chi connectivity index (χ0) is 21.3. The van der Waals surface area contributed by atoms with Gasteiger partial charge < -0.3 is 4.74 Å². The van der Waals surface area contributed by atoms with E-state index in [1.807, 2.05) is 27.7 Å². The van der Waals surface area contributed by atoms with Crippen molar-refractivity contribution >= 4 is 15.8 Å². The molecular weight excluding hydrogens is 395 g/mol. The number of carbonyl (C=O) groups excluding carboxylic acids is 1. The van der Waals surface area contributed by atoms with Crippen LogP contribution in [0, 0.1) is 5.82 Å². The molecule has 7 nitrogen and oxygen atoms in total. The molecule has 0 aliphatic carbocycles.